The fourth-order valence-corrected chi connectivity index (χ4v) is 4.14. The van der Waals surface area contributed by atoms with Gasteiger partial charge in [-0.05, 0) is 36.4 Å². The van der Waals surface area contributed by atoms with E-state index in [9.17, 15) is 4.79 Å². The number of ether oxygens (including phenoxy) is 1. The molecule has 0 spiro atoms. The average molecular weight is 400 g/mol. The van der Waals surface area contributed by atoms with Gasteiger partial charge < -0.3 is 15.0 Å². The normalized spacial score (nSPS) is 18.2. The van der Waals surface area contributed by atoms with Crippen molar-refractivity contribution in [3.8, 4) is 0 Å². The minimum Gasteiger partial charge on any atom is -0.372 e. The Kier molecular flexibility index (Phi) is 6.73. The molecule has 1 amide bonds. The third-order valence-electron chi connectivity index (χ3n) is 4.18. The van der Waals surface area contributed by atoms with E-state index in [4.69, 9.17) is 27.9 Å². The van der Waals surface area contributed by atoms with Crippen LogP contribution in [0.2, 0.25) is 10.0 Å². The van der Waals surface area contributed by atoms with Gasteiger partial charge in [0.2, 0.25) is 0 Å². The van der Waals surface area contributed by atoms with Crippen LogP contribution in [0.3, 0.4) is 0 Å². The van der Waals surface area contributed by atoms with Crippen molar-refractivity contribution in [3.63, 3.8) is 0 Å². The monoisotopic (exact) mass is 399 g/mol. The number of anilines is 1. The van der Waals surface area contributed by atoms with Crippen LogP contribution in [-0.4, -0.2) is 31.7 Å². The first-order valence-electron chi connectivity index (χ1n) is 8.33. The lowest BCUT2D eigenvalue weighted by molar-refractivity contribution is -0.908. The zero-order valence-corrected chi connectivity index (χ0v) is 16.1. The third-order valence-corrected chi connectivity index (χ3v) is 5.88. The average Bonchev–Trinajstić information content (AvgIpc) is 3.26. The molecule has 2 aromatic rings. The molecule has 3 rings (SSSR count). The number of hydrogen-bond donors (Lipinski definition) is 2. The van der Waals surface area contributed by atoms with Crippen molar-refractivity contribution in [1.29, 1.82) is 0 Å². The van der Waals surface area contributed by atoms with E-state index >= 15 is 0 Å². The number of hydrogen-bond acceptors (Lipinski definition) is 3. The maximum atomic E-state index is 12.5. The van der Waals surface area contributed by atoms with Crippen molar-refractivity contribution >= 4 is 46.1 Å². The maximum absolute atomic E-state index is 12.5. The highest BCUT2D eigenvalue weighted by Gasteiger charge is 2.24. The molecule has 1 unspecified atom stereocenters. The SMILES string of the molecule is O=C(C[NH+](Cc1cccs1)C[C@H]1CCCO1)Nc1cccc(Cl)c1Cl. The van der Waals surface area contributed by atoms with Gasteiger partial charge in [0.25, 0.3) is 5.91 Å². The minimum atomic E-state index is -0.0753. The van der Waals surface area contributed by atoms with E-state index in [1.807, 2.05) is 6.07 Å². The van der Waals surface area contributed by atoms with Crippen LogP contribution in [0.4, 0.5) is 5.69 Å². The van der Waals surface area contributed by atoms with Crippen molar-refractivity contribution in [3.05, 3.63) is 50.6 Å². The van der Waals surface area contributed by atoms with Gasteiger partial charge >= 0.3 is 0 Å². The lowest BCUT2D eigenvalue weighted by Crippen LogP contribution is -3.12. The number of quaternary nitrogens is 1. The maximum Gasteiger partial charge on any atom is 0.279 e. The largest absolute Gasteiger partial charge is 0.372 e. The molecule has 2 N–H and O–H groups in total. The summed E-state index contributed by atoms with van der Waals surface area (Å²) >= 11 is 13.9. The second-order valence-corrected chi connectivity index (χ2v) is 7.99. The van der Waals surface area contributed by atoms with Crippen molar-refractivity contribution < 1.29 is 14.4 Å². The van der Waals surface area contributed by atoms with Gasteiger partial charge in [0.05, 0.1) is 20.6 Å². The molecule has 134 valence electrons. The van der Waals surface area contributed by atoms with Gasteiger partial charge in [-0.15, -0.1) is 11.3 Å². The number of carbonyl (C=O) groups is 1. The van der Waals surface area contributed by atoms with Gasteiger partial charge in [-0.1, -0.05) is 35.3 Å². The summed E-state index contributed by atoms with van der Waals surface area (Å²) < 4.78 is 5.75. The predicted octanol–water partition coefficient (Wildman–Crippen LogP) is 3.26. The standard InChI is InChI=1S/C18H20Cl2N2O2S/c19-15-6-1-7-16(18(15)20)21-17(23)12-22(10-13-4-2-8-24-13)11-14-5-3-9-25-14/h1,3,5-7,9,13H,2,4,8,10-12H2,(H,21,23)/p+1/t13-/m1/s1. The lowest BCUT2D eigenvalue weighted by Gasteiger charge is -2.21. The summed E-state index contributed by atoms with van der Waals surface area (Å²) in [4.78, 5) is 15.0. The molecule has 2 heterocycles. The summed E-state index contributed by atoms with van der Waals surface area (Å²) in [7, 11) is 0. The summed E-state index contributed by atoms with van der Waals surface area (Å²) in [6.07, 6.45) is 2.40. The van der Waals surface area contributed by atoms with Crippen LogP contribution in [0.15, 0.2) is 35.7 Å². The van der Waals surface area contributed by atoms with Gasteiger partial charge in [0.15, 0.2) is 6.54 Å². The first kappa shape index (κ1) is 18.7. The molecule has 1 saturated heterocycles. The molecule has 0 aliphatic carbocycles. The smallest absolute Gasteiger partial charge is 0.279 e. The van der Waals surface area contributed by atoms with Gasteiger partial charge in [0.1, 0.15) is 19.2 Å². The highest BCUT2D eigenvalue weighted by Crippen LogP contribution is 2.29. The first-order valence-corrected chi connectivity index (χ1v) is 9.97. The second-order valence-electron chi connectivity index (χ2n) is 6.17. The van der Waals surface area contributed by atoms with Gasteiger partial charge in [-0.3, -0.25) is 4.79 Å². The number of halogens is 2. The molecule has 0 bridgehead atoms. The number of thiophene rings is 1. The fourth-order valence-electron chi connectivity index (χ4n) is 3.02. The van der Waals surface area contributed by atoms with E-state index < -0.39 is 0 Å². The molecule has 1 aliphatic rings. The zero-order valence-electron chi connectivity index (χ0n) is 13.8. The lowest BCUT2D eigenvalue weighted by atomic mass is 10.2. The summed E-state index contributed by atoms with van der Waals surface area (Å²) in [5.41, 5.74) is 0.548. The van der Waals surface area contributed by atoms with Crippen LogP contribution < -0.4 is 10.2 Å². The Morgan fingerprint density at radius 2 is 2.20 bits per heavy atom. The number of carbonyl (C=O) groups excluding carboxylic acids is 1. The minimum absolute atomic E-state index is 0.0753. The van der Waals surface area contributed by atoms with Crippen LogP contribution in [0.5, 0.6) is 0 Å². The number of amides is 1. The van der Waals surface area contributed by atoms with Crippen LogP contribution in [0, 0.1) is 0 Å². The van der Waals surface area contributed by atoms with Crippen molar-refractivity contribution in [1.82, 2.24) is 0 Å². The van der Waals surface area contributed by atoms with Crippen LogP contribution in [0.25, 0.3) is 0 Å². The summed E-state index contributed by atoms with van der Waals surface area (Å²) in [5, 5.41) is 5.74. The first-order chi connectivity index (χ1) is 12.1. The van der Waals surface area contributed by atoms with E-state index in [1.54, 1.807) is 29.5 Å². The Morgan fingerprint density at radius 3 is 2.92 bits per heavy atom. The summed E-state index contributed by atoms with van der Waals surface area (Å²) in [6.45, 7) is 2.82. The molecule has 25 heavy (non-hydrogen) atoms. The zero-order chi connectivity index (χ0) is 17.6. The van der Waals surface area contributed by atoms with E-state index in [1.165, 1.54) is 9.78 Å². The molecule has 2 atom stereocenters. The van der Waals surface area contributed by atoms with Gasteiger partial charge in [-0.2, -0.15) is 0 Å². The van der Waals surface area contributed by atoms with Crippen LogP contribution in [-0.2, 0) is 16.1 Å². The Hall–Kier alpha value is -1.11. The number of benzene rings is 1. The molecular weight excluding hydrogens is 379 g/mol. The third kappa shape index (κ3) is 5.43. The number of rotatable bonds is 7. The Balaban J connectivity index is 1.63. The molecule has 7 heteroatoms. The summed E-state index contributed by atoms with van der Waals surface area (Å²) in [6, 6.07) is 9.37. The van der Waals surface area contributed by atoms with Crippen molar-refractivity contribution in [2.75, 3.05) is 25.0 Å². The van der Waals surface area contributed by atoms with Crippen LogP contribution in [0.1, 0.15) is 17.7 Å². The van der Waals surface area contributed by atoms with E-state index in [0.717, 1.165) is 32.5 Å². The predicted molar refractivity (Wildman–Crippen MR) is 103 cm³/mol. The van der Waals surface area contributed by atoms with Gasteiger partial charge in [0, 0.05) is 6.61 Å². The molecule has 1 aromatic carbocycles. The fraction of sp³-hybridized carbons (Fsp3) is 0.389. The van der Waals surface area contributed by atoms with E-state index in [2.05, 4.69) is 16.8 Å². The molecule has 1 fully saturated rings. The van der Waals surface area contributed by atoms with Crippen LogP contribution >= 0.6 is 34.5 Å². The second kappa shape index (κ2) is 9.01. The highest BCUT2D eigenvalue weighted by atomic mass is 35.5. The molecular formula is C18H21Cl2N2O2S+. The Bertz CT molecular complexity index is 703. The topological polar surface area (TPSA) is 42.8 Å². The highest BCUT2D eigenvalue weighted by molar-refractivity contribution is 7.09. The Morgan fingerprint density at radius 1 is 1.32 bits per heavy atom. The molecule has 1 aromatic heterocycles. The van der Waals surface area contributed by atoms with E-state index in [0.29, 0.717) is 22.3 Å². The van der Waals surface area contributed by atoms with Crippen molar-refractivity contribution in [2.24, 2.45) is 0 Å². The number of nitrogens with one attached hydrogen (secondary N) is 2. The van der Waals surface area contributed by atoms with Crippen molar-refractivity contribution in [2.45, 2.75) is 25.5 Å². The molecule has 0 radical (unpaired) electrons. The van der Waals surface area contributed by atoms with Gasteiger partial charge in [-0.25, -0.2) is 0 Å². The Labute approximate surface area is 161 Å². The summed E-state index contributed by atoms with van der Waals surface area (Å²) in [5.74, 6) is -0.0753. The molecule has 0 saturated carbocycles. The molecule has 1 aliphatic heterocycles. The van der Waals surface area contributed by atoms with E-state index in [-0.39, 0.29) is 12.0 Å². The quantitative estimate of drug-likeness (QED) is 0.750. The molecule has 4 nitrogen and oxygen atoms in total.